The zero-order chi connectivity index (χ0) is 30.8. The number of nitrogens with one attached hydrogen (secondary N) is 2. The number of H-pyrrole nitrogens is 2. The Morgan fingerprint density at radius 2 is 1.77 bits per heavy atom. The molecular formula is C31H35N9O2S. The Balaban J connectivity index is 0.000000530. The fraction of sp³-hybridized carbons (Fsp3) is 0.290. The van der Waals surface area contributed by atoms with Crippen LogP contribution in [0.4, 0.5) is 0 Å². The van der Waals surface area contributed by atoms with Gasteiger partial charge in [0.05, 0.1) is 17.9 Å². The second kappa shape index (κ2) is 14.9. The van der Waals surface area contributed by atoms with Crippen LogP contribution in [0, 0.1) is 6.92 Å². The minimum Gasteiger partial charge on any atom is -0.372 e. The van der Waals surface area contributed by atoms with Crippen molar-refractivity contribution in [1.82, 2.24) is 45.0 Å². The van der Waals surface area contributed by atoms with E-state index in [0.29, 0.717) is 24.4 Å². The second-order valence-electron chi connectivity index (χ2n) is 10.1. The Kier molecular flexibility index (Phi) is 10.8. The lowest BCUT2D eigenvalue weighted by Crippen LogP contribution is -2.33. The predicted octanol–water partition coefficient (Wildman–Crippen LogP) is 3.99. The number of hydrogen-bond donors (Lipinski definition) is 2. The number of aromatic amines is 2. The summed E-state index contributed by atoms with van der Waals surface area (Å²) in [6.45, 7) is 4.51. The standard InChI is InChI=1S/C27H31N7OS.C4H4N2O/c1-5-6-11-24-28-18(2)23(16-25(36)33(3)4)27(35)34(24)17-19-12-14-20(15-13-19)21-9-7-8-10-22(21)26-29-31-32-30-26;7-4-1-2-5-3-6-4/h7-10,12-15H,5-6,11,16-17H2,1-4H3,(H,29,30,31,32);1-3H,(H,5,6,7). The van der Waals surface area contributed by atoms with Crippen LogP contribution in [0.15, 0.2) is 76.7 Å². The fourth-order valence-corrected chi connectivity index (χ4v) is 4.58. The topological polar surface area (TPSA) is 138 Å². The molecule has 11 nitrogen and oxygen atoms in total. The highest BCUT2D eigenvalue weighted by atomic mass is 32.1. The first-order valence-electron chi connectivity index (χ1n) is 14.0. The second-order valence-corrected chi connectivity index (χ2v) is 10.6. The molecule has 0 atom stereocenters. The summed E-state index contributed by atoms with van der Waals surface area (Å²) in [5.41, 5.74) is 5.29. The molecule has 3 aromatic heterocycles. The molecule has 0 unspecified atom stereocenters. The lowest BCUT2D eigenvalue weighted by molar-refractivity contribution is 0.610. The number of likely N-dealkylation sites (N-methyl/N-ethyl adjacent to an activating group) is 1. The molecule has 0 aliphatic rings. The van der Waals surface area contributed by atoms with Gasteiger partial charge in [0, 0.05) is 56.0 Å². The Hall–Kier alpha value is -4.84. The largest absolute Gasteiger partial charge is 0.372 e. The maximum atomic E-state index is 13.6. The quantitative estimate of drug-likeness (QED) is 0.242. The number of aromatic nitrogens is 8. The zero-order valence-corrected chi connectivity index (χ0v) is 25.6. The van der Waals surface area contributed by atoms with Gasteiger partial charge in [0.15, 0.2) is 0 Å². The fourth-order valence-electron chi connectivity index (χ4n) is 4.44. The van der Waals surface area contributed by atoms with Crippen molar-refractivity contribution in [3.8, 4) is 22.5 Å². The average Bonchev–Trinajstić information content (AvgIpc) is 3.56. The first-order chi connectivity index (χ1) is 20.8. The van der Waals surface area contributed by atoms with Gasteiger partial charge >= 0.3 is 0 Å². The van der Waals surface area contributed by atoms with Gasteiger partial charge in [-0.2, -0.15) is 5.21 Å². The molecule has 5 aromatic rings. The van der Waals surface area contributed by atoms with Gasteiger partial charge in [0.2, 0.25) is 5.82 Å². The zero-order valence-electron chi connectivity index (χ0n) is 24.7. The Labute approximate surface area is 255 Å². The van der Waals surface area contributed by atoms with Crippen molar-refractivity contribution >= 4 is 17.2 Å². The molecule has 5 rings (SSSR count). The normalized spacial score (nSPS) is 10.6. The van der Waals surface area contributed by atoms with Crippen molar-refractivity contribution < 1.29 is 0 Å². The molecule has 0 radical (unpaired) electrons. The number of thiocarbonyl (C=S) groups is 1. The molecule has 0 aliphatic heterocycles. The van der Waals surface area contributed by atoms with Crippen LogP contribution < -0.4 is 11.1 Å². The van der Waals surface area contributed by atoms with E-state index in [4.69, 9.17) is 17.2 Å². The number of tetrazole rings is 1. The predicted molar refractivity (Wildman–Crippen MR) is 171 cm³/mol. The summed E-state index contributed by atoms with van der Waals surface area (Å²) in [5.74, 6) is 1.38. The van der Waals surface area contributed by atoms with Crippen molar-refractivity contribution in [2.75, 3.05) is 14.1 Å². The van der Waals surface area contributed by atoms with Crippen LogP contribution in [0.2, 0.25) is 0 Å². The molecule has 0 amide bonds. The van der Waals surface area contributed by atoms with Gasteiger partial charge in [0.25, 0.3) is 11.1 Å². The van der Waals surface area contributed by atoms with Gasteiger partial charge in [-0.05, 0) is 35.2 Å². The van der Waals surface area contributed by atoms with Crippen molar-refractivity contribution in [2.45, 2.75) is 46.1 Å². The third kappa shape index (κ3) is 8.13. The number of rotatable bonds is 9. The highest BCUT2D eigenvalue weighted by Gasteiger charge is 2.17. The number of unbranched alkanes of at least 4 members (excludes halogenated alkanes) is 1. The van der Waals surface area contributed by atoms with Gasteiger partial charge in [-0.15, -0.1) is 10.2 Å². The van der Waals surface area contributed by atoms with Gasteiger partial charge in [-0.1, -0.05) is 74.1 Å². The summed E-state index contributed by atoms with van der Waals surface area (Å²) in [6, 6.07) is 17.6. The maximum absolute atomic E-state index is 13.6. The lowest BCUT2D eigenvalue weighted by atomic mass is 9.98. The molecule has 3 heterocycles. The minimum atomic E-state index is -0.116. The molecule has 2 aromatic carbocycles. The van der Waals surface area contributed by atoms with Crippen LogP contribution in [0.5, 0.6) is 0 Å². The van der Waals surface area contributed by atoms with E-state index in [2.05, 4.69) is 61.8 Å². The van der Waals surface area contributed by atoms with Gasteiger partial charge < -0.3 is 9.88 Å². The first-order valence-corrected chi connectivity index (χ1v) is 14.4. The van der Waals surface area contributed by atoms with E-state index in [0.717, 1.165) is 58.0 Å². The third-order valence-electron chi connectivity index (χ3n) is 6.84. The SMILES string of the molecule is CCCCc1nc(C)c(CC(=S)N(C)C)c(=O)n1Cc1ccc(-c2ccccc2-c2nn[nH]n2)cc1.O=c1ccnc[nH]1. The van der Waals surface area contributed by atoms with Gasteiger partial charge in [0.1, 0.15) is 5.82 Å². The average molecular weight is 598 g/mol. The molecule has 43 heavy (non-hydrogen) atoms. The van der Waals surface area contributed by atoms with E-state index in [1.807, 2.05) is 54.8 Å². The van der Waals surface area contributed by atoms with Gasteiger partial charge in [-0.25, -0.2) is 9.97 Å². The molecule has 0 saturated heterocycles. The lowest BCUT2D eigenvalue weighted by Gasteiger charge is -2.18. The first kappa shape index (κ1) is 31.1. The van der Waals surface area contributed by atoms with Crippen molar-refractivity contribution in [3.63, 3.8) is 0 Å². The van der Waals surface area contributed by atoms with E-state index in [1.54, 1.807) is 0 Å². The monoisotopic (exact) mass is 597 g/mol. The van der Waals surface area contributed by atoms with Crippen LogP contribution in [0.3, 0.4) is 0 Å². The van der Waals surface area contributed by atoms with Crippen LogP contribution in [0.1, 0.15) is 42.4 Å². The molecular weight excluding hydrogens is 562 g/mol. The van der Waals surface area contributed by atoms with Crippen LogP contribution in [-0.2, 0) is 19.4 Å². The van der Waals surface area contributed by atoms with Crippen molar-refractivity contribution in [1.29, 1.82) is 0 Å². The minimum absolute atomic E-state index is 0.00988. The van der Waals surface area contributed by atoms with Crippen LogP contribution in [-0.4, -0.2) is 64.1 Å². The summed E-state index contributed by atoms with van der Waals surface area (Å²) >= 11 is 5.49. The van der Waals surface area contributed by atoms with Crippen LogP contribution in [0.25, 0.3) is 22.5 Å². The Morgan fingerprint density at radius 3 is 2.35 bits per heavy atom. The van der Waals surface area contributed by atoms with Crippen LogP contribution >= 0.6 is 12.2 Å². The number of benzene rings is 2. The molecule has 0 fully saturated rings. The van der Waals surface area contributed by atoms with Crippen molar-refractivity contribution in [2.24, 2.45) is 0 Å². The Morgan fingerprint density at radius 1 is 1.02 bits per heavy atom. The van der Waals surface area contributed by atoms with E-state index < -0.39 is 0 Å². The van der Waals surface area contributed by atoms with Gasteiger partial charge in [-0.3, -0.25) is 14.2 Å². The summed E-state index contributed by atoms with van der Waals surface area (Å²) in [6.07, 6.45) is 5.99. The molecule has 0 bridgehead atoms. The van der Waals surface area contributed by atoms with Crippen molar-refractivity contribution in [3.05, 3.63) is 110 Å². The van der Waals surface area contributed by atoms with E-state index in [1.165, 1.54) is 18.6 Å². The maximum Gasteiger partial charge on any atom is 0.257 e. The van der Waals surface area contributed by atoms with E-state index >= 15 is 0 Å². The molecule has 12 heteroatoms. The third-order valence-corrected chi connectivity index (χ3v) is 7.35. The summed E-state index contributed by atoms with van der Waals surface area (Å²) in [7, 11) is 3.80. The van der Waals surface area contributed by atoms with E-state index in [-0.39, 0.29) is 11.1 Å². The molecule has 222 valence electrons. The highest BCUT2D eigenvalue weighted by molar-refractivity contribution is 7.80. The summed E-state index contributed by atoms with van der Waals surface area (Å²) < 4.78 is 1.82. The molecule has 2 N–H and O–H groups in total. The number of hydrogen-bond acceptors (Lipinski definition) is 8. The number of nitrogens with zero attached hydrogens (tertiary/aromatic N) is 7. The molecule has 0 spiro atoms. The molecule has 0 aliphatic carbocycles. The highest BCUT2D eigenvalue weighted by Crippen LogP contribution is 2.29. The Bertz CT molecular complexity index is 1740. The smallest absolute Gasteiger partial charge is 0.257 e. The summed E-state index contributed by atoms with van der Waals surface area (Å²) in [5, 5.41) is 14.5. The molecule has 0 saturated carbocycles. The summed E-state index contributed by atoms with van der Waals surface area (Å²) in [4.78, 5) is 37.2. The van der Waals surface area contributed by atoms with E-state index in [9.17, 15) is 9.59 Å². The number of aryl methyl sites for hydroxylation is 2.